The Morgan fingerprint density at radius 3 is 1.60 bits per heavy atom. The number of anilines is 1. The molecule has 3 N–H and O–H groups in total. The Balaban J connectivity index is 0.919. The largest absolute Gasteiger partial charge is 0.457 e. The van der Waals surface area contributed by atoms with E-state index in [9.17, 15) is 14.4 Å². The van der Waals surface area contributed by atoms with Gasteiger partial charge in [0.25, 0.3) is 0 Å². The van der Waals surface area contributed by atoms with E-state index in [1.165, 1.54) is 38.5 Å². The van der Waals surface area contributed by atoms with Crippen LogP contribution in [0.5, 0.6) is 0 Å². The lowest BCUT2D eigenvalue weighted by molar-refractivity contribution is -0.139. The Labute approximate surface area is 351 Å². The number of fused-ring (bicyclic) bond motifs is 1. The van der Waals surface area contributed by atoms with Gasteiger partial charge in [0.15, 0.2) is 0 Å². The highest BCUT2D eigenvalue weighted by Crippen LogP contribution is 2.61. The van der Waals surface area contributed by atoms with Crippen LogP contribution < -0.4 is 16.0 Å². The average Bonchev–Trinajstić information content (AvgIpc) is 3.27. The molecule has 8 nitrogen and oxygen atoms in total. The van der Waals surface area contributed by atoms with Crippen LogP contribution in [-0.4, -0.2) is 36.3 Å². The third-order valence-corrected chi connectivity index (χ3v) is 14.4. The number of hydrogen-bond acceptors (Lipinski definition) is 5. The monoisotopic (exact) mass is 797 g/mol. The standard InChI is InChI=1S/C52H51N3O5/c56-48(54-38-21-19-37(20-22-38)51(59)60-30-33-13-5-2-6-14-33)43(26-32-11-3-1-4-12-32)55-50(58)47-45-41-17-9-7-15-39(41)44(40-16-8-10-18-42(40)45)46(47)49(57)53-31-52-27-34-23-35(28-52)25-36(24-34)29-52/h1-22,34-36,43-47H,23-31H2,(H,53,57)(H,54,56)(H,55,58)/t34?,35?,36?,43-,44?,45?,46-,47+,52?/m0/s1. The molecule has 5 aromatic carbocycles. The topological polar surface area (TPSA) is 114 Å². The first-order valence-electron chi connectivity index (χ1n) is 21.7. The summed E-state index contributed by atoms with van der Waals surface area (Å²) in [7, 11) is 0. The molecule has 4 fully saturated rings. The van der Waals surface area contributed by atoms with E-state index in [1.807, 2.05) is 84.9 Å². The molecule has 0 aromatic heterocycles. The first-order chi connectivity index (χ1) is 29.3. The van der Waals surface area contributed by atoms with Crippen molar-refractivity contribution < 1.29 is 23.9 Å². The SMILES string of the molecule is O=C(OCc1ccccc1)c1ccc(NC(=O)[C@H](Cc2ccccc2)NC(=O)[C@@H]2C3c4ccccc4C(c4ccccc43)[C@@H]2C(=O)NCC23CC4CC(CC(C4)C2)C3)cc1. The Kier molecular flexibility index (Phi) is 10.1. The Morgan fingerprint density at radius 2 is 1.07 bits per heavy atom. The van der Waals surface area contributed by atoms with Gasteiger partial charge in [-0.1, -0.05) is 109 Å². The fourth-order valence-electron chi connectivity index (χ4n) is 12.3. The van der Waals surface area contributed by atoms with Gasteiger partial charge >= 0.3 is 5.97 Å². The third kappa shape index (κ3) is 7.31. The molecule has 7 aliphatic rings. The van der Waals surface area contributed by atoms with Crippen molar-refractivity contribution >= 4 is 29.4 Å². The summed E-state index contributed by atoms with van der Waals surface area (Å²) in [5.74, 6) is -0.973. The highest BCUT2D eigenvalue weighted by Gasteiger charge is 2.56. The summed E-state index contributed by atoms with van der Waals surface area (Å²) < 4.78 is 5.50. The van der Waals surface area contributed by atoms with E-state index in [0.29, 0.717) is 17.8 Å². The zero-order valence-corrected chi connectivity index (χ0v) is 33.7. The first-order valence-corrected chi connectivity index (χ1v) is 21.7. The molecule has 3 atom stereocenters. The van der Waals surface area contributed by atoms with Gasteiger partial charge < -0.3 is 20.7 Å². The molecule has 60 heavy (non-hydrogen) atoms. The van der Waals surface area contributed by atoms with Crippen molar-refractivity contribution in [3.8, 4) is 0 Å². The van der Waals surface area contributed by atoms with Crippen molar-refractivity contribution in [1.82, 2.24) is 10.6 Å². The van der Waals surface area contributed by atoms with Crippen molar-refractivity contribution in [3.63, 3.8) is 0 Å². The van der Waals surface area contributed by atoms with Crippen molar-refractivity contribution in [2.75, 3.05) is 11.9 Å². The van der Waals surface area contributed by atoms with Crippen LogP contribution in [0.4, 0.5) is 5.69 Å². The predicted molar refractivity (Wildman–Crippen MR) is 230 cm³/mol. The zero-order valence-electron chi connectivity index (χ0n) is 33.7. The van der Waals surface area contributed by atoms with Crippen LogP contribution in [-0.2, 0) is 32.1 Å². The number of nitrogens with one attached hydrogen (secondary N) is 3. The van der Waals surface area contributed by atoms with Crippen LogP contribution >= 0.6 is 0 Å². The van der Waals surface area contributed by atoms with E-state index in [-0.39, 0.29) is 42.1 Å². The Hall–Kier alpha value is -6.02. The van der Waals surface area contributed by atoms with E-state index < -0.39 is 29.8 Å². The molecule has 5 aromatic rings. The molecule has 0 spiro atoms. The van der Waals surface area contributed by atoms with Crippen LogP contribution in [0.2, 0.25) is 0 Å². The predicted octanol–water partition coefficient (Wildman–Crippen LogP) is 8.57. The molecule has 304 valence electrons. The number of esters is 1. The second-order valence-electron chi connectivity index (χ2n) is 18.3. The second kappa shape index (κ2) is 15.9. The highest BCUT2D eigenvalue weighted by molar-refractivity contribution is 6.00. The van der Waals surface area contributed by atoms with Gasteiger partial charge in [0.05, 0.1) is 17.4 Å². The molecule has 0 unspecified atom stereocenters. The molecule has 6 bridgehead atoms. The maximum Gasteiger partial charge on any atom is 0.338 e. The summed E-state index contributed by atoms with van der Waals surface area (Å²) in [6.07, 6.45) is 7.81. The lowest BCUT2D eigenvalue weighted by Crippen LogP contribution is -2.57. The summed E-state index contributed by atoms with van der Waals surface area (Å²) in [5.41, 5.74) is 7.10. The third-order valence-electron chi connectivity index (χ3n) is 14.4. The van der Waals surface area contributed by atoms with Gasteiger partial charge in [0.2, 0.25) is 17.7 Å². The molecule has 4 saturated carbocycles. The smallest absolute Gasteiger partial charge is 0.338 e. The van der Waals surface area contributed by atoms with Crippen LogP contribution in [0.3, 0.4) is 0 Å². The molecule has 0 radical (unpaired) electrons. The normalized spacial score (nSPS) is 26.9. The summed E-state index contributed by atoms with van der Waals surface area (Å²) in [6.45, 7) is 0.812. The van der Waals surface area contributed by atoms with Crippen molar-refractivity contribution in [3.05, 3.63) is 172 Å². The van der Waals surface area contributed by atoms with Gasteiger partial charge in [-0.3, -0.25) is 14.4 Å². The number of carbonyl (C=O) groups excluding carboxylic acids is 4. The van der Waals surface area contributed by atoms with Gasteiger partial charge in [-0.2, -0.15) is 0 Å². The number of ether oxygens (including phenoxy) is 1. The van der Waals surface area contributed by atoms with Crippen LogP contribution in [0.1, 0.15) is 94.1 Å². The van der Waals surface area contributed by atoms with Crippen LogP contribution in [0.15, 0.2) is 133 Å². The maximum atomic E-state index is 15.2. The van der Waals surface area contributed by atoms with Crippen LogP contribution in [0.25, 0.3) is 0 Å². The Bertz CT molecular complexity index is 2330. The summed E-state index contributed by atoms with van der Waals surface area (Å²) in [5, 5.41) is 9.67. The second-order valence-corrected chi connectivity index (χ2v) is 18.3. The lowest BCUT2D eigenvalue weighted by Gasteiger charge is -2.57. The number of rotatable bonds is 12. The quantitative estimate of drug-likeness (QED) is 0.110. The van der Waals surface area contributed by atoms with Gasteiger partial charge in [-0.05, 0) is 119 Å². The van der Waals surface area contributed by atoms with E-state index in [4.69, 9.17) is 4.74 Å². The zero-order chi connectivity index (χ0) is 40.8. The first kappa shape index (κ1) is 38.2. The molecule has 3 amide bonds. The van der Waals surface area contributed by atoms with Crippen molar-refractivity contribution in [1.29, 1.82) is 0 Å². The van der Waals surface area contributed by atoms with E-state index in [2.05, 4.69) is 40.2 Å². The van der Waals surface area contributed by atoms with Crippen LogP contribution in [0, 0.1) is 35.0 Å². The average molecular weight is 798 g/mol. The molecule has 8 heteroatoms. The van der Waals surface area contributed by atoms with Crippen molar-refractivity contribution in [2.24, 2.45) is 35.0 Å². The number of carbonyl (C=O) groups is 4. The summed E-state index contributed by atoms with van der Waals surface area (Å²) >= 11 is 0. The molecule has 12 rings (SSSR count). The van der Waals surface area contributed by atoms with Gasteiger partial charge in [-0.25, -0.2) is 4.79 Å². The lowest BCUT2D eigenvalue weighted by atomic mass is 9.49. The molecular formula is C52H51N3O5. The van der Waals surface area contributed by atoms with E-state index in [1.54, 1.807) is 24.3 Å². The number of amides is 3. The van der Waals surface area contributed by atoms with Gasteiger partial charge in [-0.15, -0.1) is 0 Å². The fourth-order valence-corrected chi connectivity index (χ4v) is 12.3. The fraction of sp³-hybridized carbons (Fsp3) is 0.346. The van der Waals surface area contributed by atoms with E-state index >= 15 is 4.79 Å². The minimum absolute atomic E-state index is 0.0728. The molecule has 0 saturated heterocycles. The van der Waals surface area contributed by atoms with Gasteiger partial charge in [0.1, 0.15) is 12.6 Å². The Morgan fingerprint density at radius 1 is 0.583 bits per heavy atom. The maximum absolute atomic E-state index is 15.2. The highest BCUT2D eigenvalue weighted by atomic mass is 16.5. The van der Waals surface area contributed by atoms with Crippen molar-refractivity contribution in [2.45, 2.75) is 69.4 Å². The summed E-state index contributed by atoms with van der Waals surface area (Å²) in [6, 6.07) is 41.3. The number of benzene rings is 5. The molecule has 0 heterocycles. The van der Waals surface area contributed by atoms with Gasteiger partial charge in [0, 0.05) is 30.5 Å². The van der Waals surface area contributed by atoms with E-state index in [0.717, 1.165) is 51.1 Å². The molecular weight excluding hydrogens is 747 g/mol. The summed E-state index contributed by atoms with van der Waals surface area (Å²) in [4.78, 5) is 57.2. The number of hydrogen-bond donors (Lipinski definition) is 3. The minimum Gasteiger partial charge on any atom is -0.457 e. The molecule has 0 aliphatic heterocycles. The molecule has 7 aliphatic carbocycles. The minimum atomic E-state index is -0.947.